The van der Waals surface area contributed by atoms with E-state index in [-0.39, 0.29) is 5.91 Å². The lowest BCUT2D eigenvalue weighted by molar-refractivity contribution is -0.121. The highest BCUT2D eigenvalue weighted by molar-refractivity contribution is 5.79. The fraction of sp³-hybridized carbons (Fsp3) is 0.632. The summed E-state index contributed by atoms with van der Waals surface area (Å²) in [5.74, 6) is 0.829. The van der Waals surface area contributed by atoms with Gasteiger partial charge in [-0.15, -0.1) is 0 Å². The van der Waals surface area contributed by atoms with Crippen molar-refractivity contribution < 1.29 is 4.79 Å². The average molecular weight is 285 g/mol. The Kier molecular flexibility index (Phi) is 4.62. The molecule has 0 heterocycles. The minimum absolute atomic E-state index is 0.199. The van der Waals surface area contributed by atoms with Crippen LogP contribution in [0.25, 0.3) is 0 Å². The molecule has 0 aromatic heterocycles. The first kappa shape index (κ1) is 14.6. The second-order valence-corrected chi connectivity index (χ2v) is 6.92. The summed E-state index contributed by atoms with van der Waals surface area (Å²) in [4.78, 5) is 12.3. The SMILES string of the molecule is CC1CCCCC1NC(=O)Cc1ccc2c(c1)CCCC2. The molecule has 2 aliphatic carbocycles. The van der Waals surface area contributed by atoms with Crippen molar-refractivity contribution in [3.63, 3.8) is 0 Å². The van der Waals surface area contributed by atoms with Crippen LogP contribution >= 0.6 is 0 Å². The van der Waals surface area contributed by atoms with E-state index >= 15 is 0 Å². The Morgan fingerprint density at radius 1 is 1.10 bits per heavy atom. The fourth-order valence-corrected chi connectivity index (χ4v) is 3.87. The Labute approximate surface area is 128 Å². The lowest BCUT2D eigenvalue weighted by Crippen LogP contribution is -2.41. The van der Waals surface area contributed by atoms with Gasteiger partial charge in [0.05, 0.1) is 6.42 Å². The van der Waals surface area contributed by atoms with Gasteiger partial charge >= 0.3 is 0 Å². The summed E-state index contributed by atoms with van der Waals surface area (Å²) >= 11 is 0. The van der Waals surface area contributed by atoms with Gasteiger partial charge in [-0.1, -0.05) is 38.0 Å². The number of fused-ring (bicyclic) bond motifs is 1. The van der Waals surface area contributed by atoms with Gasteiger partial charge in [0, 0.05) is 6.04 Å². The first-order valence-corrected chi connectivity index (χ1v) is 8.62. The van der Waals surface area contributed by atoms with Crippen LogP contribution in [0.2, 0.25) is 0 Å². The summed E-state index contributed by atoms with van der Waals surface area (Å²) in [5.41, 5.74) is 4.14. The van der Waals surface area contributed by atoms with E-state index in [1.54, 1.807) is 0 Å². The Hall–Kier alpha value is -1.31. The van der Waals surface area contributed by atoms with Gasteiger partial charge in [-0.3, -0.25) is 4.79 Å². The standard InChI is InChI=1S/C19H27NO/c1-14-6-2-5-9-18(14)20-19(21)13-15-10-11-16-7-3-4-8-17(16)12-15/h10-12,14,18H,2-9,13H2,1H3,(H,20,21). The second-order valence-electron chi connectivity index (χ2n) is 6.92. The molecule has 21 heavy (non-hydrogen) atoms. The molecular weight excluding hydrogens is 258 g/mol. The molecule has 0 radical (unpaired) electrons. The molecule has 0 bridgehead atoms. The molecule has 0 spiro atoms. The zero-order valence-corrected chi connectivity index (χ0v) is 13.2. The third kappa shape index (κ3) is 3.66. The summed E-state index contributed by atoms with van der Waals surface area (Å²) in [5, 5.41) is 3.26. The molecule has 114 valence electrons. The van der Waals surface area contributed by atoms with Crippen molar-refractivity contribution in [3.8, 4) is 0 Å². The van der Waals surface area contributed by atoms with Crippen molar-refractivity contribution in [2.24, 2.45) is 5.92 Å². The van der Waals surface area contributed by atoms with E-state index < -0.39 is 0 Å². The Bertz CT molecular complexity index is 508. The Morgan fingerprint density at radius 2 is 1.86 bits per heavy atom. The summed E-state index contributed by atoms with van der Waals surface area (Å²) in [7, 11) is 0. The third-order valence-corrected chi connectivity index (χ3v) is 5.24. The minimum atomic E-state index is 0.199. The van der Waals surface area contributed by atoms with Gasteiger partial charge in [0.2, 0.25) is 5.91 Å². The topological polar surface area (TPSA) is 29.1 Å². The number of carbonyl (C=O) groups excluding carboxylic acids is 1. The average Bonchev–Trinajstić information content (AvgIpc) is 2.49. The number of hydrogen-bond donors (Lipinski definition) is 1. The molecule has 1 amide bonds. The molecule has 1 aromatic carbocycles. The maximum atomic E-state index is 12.3. The van der Waals surface area contributed by atoms with Gasteiger partial charge in [-0.2, -0.15) is 0 Å². The zero-order chi connectivity index (χ0) is 14.7. The molecule has 2 nitrogen and oxygen atoms in total. The molecule has 1 fully saturated rings. The molecule has 2 atom stereocenters. The van der Waals surface area contributed by atoms with Crippen LogP contribution in [0.4, 0.5) is 0 Å². The van der Waals surface area contributed by atoms with Gasteiger partial charge in [-0.05, 0) is 61.1 Å². The number of nitrogens with one attached hydrogen (secondary N) is 1. The summed E-state index contributed by atoms with van der Waals surface area (Å²) in [6.07, 6.45) is 10.5. The van der Waals surface area contributed by atoms with Crippen molar-refractivity contribution in [3.05, 3.63) is 34.9 Å². The molecule has 2 aliphatic rings. The van der Waals surface area contributed by atoms with E-state index in [2.05, 4.69) is 30.4 Å². The molecule has 0 saturated heterocycles. The van der Waals surface area contributed by atoms with Crippen LogP contribution in [0.15, 0.2) is 18.2 Å². The van der Waals surface area contributed by atoms with E-state index in [1.165, 1.54) is 61.6 Å². The molecule has 3 rings (SSSR count). The lowest BCUT2D eigenvalue weighted by atomic mass is 9.85. The number of rotatable bonds is 3. The zero-order valence-electron chi connectivity index (χ0n) is 13.2. The molecule has 1 N–H and O–H groups in total. The van der Waals surface area contributed by atoms with Crippen LogP contribution in [-0.4, -0.2) is 11.9 Å². The van der Waals surface area contributed by atoms with Crippen LogP contribution in [0.1, 0.15) is 62.1 Å². The monoisotopic (exact) mass is 285 g/mol. The van der Waals surface area contributed by atoms with Gasteiger partial charge in [0.1, 0.15) is 0 Å². The van der Waals surface area contributed by atoms with Crippen molar-refractivity contribution in [1.29, 1.82) is 0 Å². The number of hydrogen-bond acceptors (Lipinski definition) is 1. The highest BCUT2D eigenvalue weighted by atomic mass is 16.1. The highest BCUT2D eigenvalue weighted by Crippen LogP contribution is 2.24. The molecule has 0 aliphatic heterocycles. The Morgan fingerprint density at radius 3 is 2.67 bits per heavy atom. The molecule has 1 aromatic rings. The van der Waals surface area contributed by atoms with Gasteiger partial charge < -0.3 is 5.32 Å². The predicted molar refractivity (Wildman–Crippen MR) is 86.4 cm³/mol. The van der Waals surface area contributed by atoms with E-state index in [4.69, 9.17) is 0 Å². The normalized spacial score (nSPS) is 25.2. The number of amides is 1. The lowest BCUT2D eigenvalue weighted by Gasteiger charge is -2.29. The first-order valence-electron chi connectivity index (χ1n) is 8.62. The quantitative estimate of drug-likeness (QED) is 0.899. The number of carbonyl (C=O) groups is 1. The first-order chi connectivity index (χ1) is 10.2. The molecule has 2 unspecified atom stereocenters. The van der Waals surface area contributed by atoms with Crippen molar-refractivity contribution in [1.82, 2.24) is 5.32 Å². The number of aryl methyl sites for hydroxylation is 2. The Balaban J connectivity index is 1.59. The maximum absolute atomic E-state index is 12.3. The third-order valence-electron chi connectivity index (χ3n) is 5.24. The van der Waals surface area contributed by atoms with Crippen LogP contribution < -0.4 is 5.32 Å². The molecule has 1 saturated carbocycles. The molecular formula is C19H27NO. The van der Waals surface area contributed by atoms with Gasteiger partial charge in [0.15, 0.2) is 0 Å². The van der Waals surface area contributed by atoms with Crippen LogP contribution in [0.3, 0.4) is 0 Å². The largest absolute Gasteiger partial charge is 0.353 e. The van der Waals surface area contributed by atoms with E-state index in [0.29, 0.717) is 18.4 Å². The van der Waals surface area contributed by atoms with E-state index in [1.807, 2.05) is 0 Å². The van der Waals surface area contributed by atoms with E-state index in [9.17, 15) is 4.79 Å². The van der Waals surface area contributed by atoms with Crippen molar-refractivity contribution in [2.75, 3.05) is 0 Å². The number of benzene rings is 1. The van der Waals surface area contributed by atoms with E-state index in [0.717, 1.165) is 6.42 Å². The van der Waals surface area contributed by atoms with Crippen molar-refractivity contribution >= 4 is 5.91 Å². The predicted octanol–water partition coefficient (Wildman–Crippen LogP) is 3.80. The van der Waals surface area contributed by atoms with Crippen LogP contribution in [0, 0.1) is 5.92 Å². The molecule has 2 heteroatoms. The summed E-state index contributed by atoms with van der Waals surface area (Å²) in [6, 6.07) is 7.04. The maximum Gasteiger partial charge on any atom is 0.224 e. The van der Waals surface area contributed by atoms with Crippen molar-refractivity contribution in [2.45, 2.75) is 70.8 Å². The smallest absolute Gasteiger partial charge is 0.224 e. The van der Waals surface area contributed by atoms with Crippen LogP contribution in [-0.2, 0) is 24.1 Å². The fourth-order valence-electron chi connectivity index (χ4n) is 3.87. The summed E-state index contributed by atoms with van der Waals surface area (Å²) < 4.78 is 0. The minimum Gasteiger partial charge on any atom is -0.353 e. The second kappa shape index (κ2) is 6.64. The van der Waals surface area contributed by atoms with Gasteiger partial charge in [-0.25, -0.2) is 0 Å². The van der Waals surface area contributed by atoms with Gasteiger partial charge in [0.25, 0.3) is 0 Å². The summed E-state index contributed by atoms with van der Waals surface area (Å²) in [6.45, 7) is 2.27. The van der Waals surface area contributed by atoms with Crippen LogP contribution in [0.5, 0.6) is 0 Å². The highest BCUT2D eigenvalue weighted by Gasteiger charge is 2.22.